The van der Waals surface area contributed by atoms with Crippen molar-refractivity contribution < 1.29 is 4.74 Å². The van der Waals surface area contributed by atoms with Crippen molar-refractivity contribution in [2.75, 3.05) is 13.7 Å². The van der Waals surface area contributed by atoms with Gasteiger partial charge < -0.3 is 10.5 Å². The zero-order chi connectivity index (χ0) is 12.2. The molecule has 0 saturated heterocycles. The molecule has 0 atom stereocenters. The van der Waals surface area contributed by atoms with Gasteiger partial charge in [0.1, 0.15) is 5.75 Å². The van der Waals surface area contributed by atoms with E-state index in [0.717, 1.165) is 18.6 Å². The van der Waals surface area contributed by atoms with Crippen LogP contribution in [0.1, 0.15) is 37.8 Å². The Kier molecular flexibility index (Phi) is 4.36. The molecular formula is C14H23NO. The Bertz CT molecular complexity index is 334. The Morgan fingerprint density at radius 2 is 1.88 bits per heavy atom. The first-order valence-corrected chi connectivity index (χ1v) is 5.98. The van der Waals surface area contributed by atoms with Gasteiger partial charge in [0.25, 0.3) is 0 Å². The fourth-order valence-electron chi connectivity index (χ4n) is 2.21. The molecule has 0 fully saturated rings. The van der Waals surface area contributed by atoms with E-state index in [1.807, 2.05) is 0 Å². The van der Waals surface area contributed by atoms with Crippen molar-refractivity contribution in [3.8, 4) is 5.75 Å². The molecule has 0 saturated carbocycles. The van der Waals surface area contributed by atoms with Crippen LogP contribution in [0.15, 0.2) is 18.2 Å². The lowest BCUT2D eigenvalue weighted by Gasteiger charge is -2.31. The molecule has 90 valence electrons. The highest BCUT2D eigenvalue weighted by molar-refractivity contribution is 5.40. The van der Waals surface area contributed by atoms with Gasteiger partial charge in [0.15, 0.2) is 0 Å². The van der Waals surface area contributed by atoms with Crippen LogP contribution in [-0.4, -0.2) is 13.7 Å². The normalized spacial score (nSPS) is 11.6. The van der Waals surface area contributed by atoms with E-state index in [2.05, 4.69) is 39.0 Å². The Hall–Kier alpha value is -1.02. The Morgan fingerprint density at radius 3 is 2.31 bits per heavy atom. The Balaban J connectivity index is 3.20. The number of rotatable bonds is 5. The highest BCUT2D eigenvalue weighted by Gasteiger charge is 2.27. The third-order valence-corrected chi connectivity index (χ3v) is 3.76. The highest BCUT2D eigenvalue weighted by Crippen LogP contribution is 2.33. The lowest BCUT2D eigenvalue weighted by Crippen LogP contribution is -2.33. The van der Waals surface area contributed by atoms with Crippen LogP contribution in [0.2, 0.25) is 0 Å². The van der Waals surface area contributed by atoms with Crippen LogP contribution in [0.3, 0.4) is 0 Å². The first-order valence-electron chi connectivity index (χ1n) is 5.98. The van der Waals surface area contributed by atoms with Crippen LogP contribution in [0.25, 0.3) is 0 Å². The smallest absolute Gasteiger partial charge is 0.122 e. The van der Waals surface area contributed by atoms with Crippen molar-refractivity contribution >= 4 is 0 Å². The average molecular weight is 221 g/mol. The van der Waals surface area contributed by atoms with Gasteiger partial charge in [-0.05, 0) is 37.0 Å². The van der Waals surface area contributed by atoms with Crippen LogP contribution < -0.4 is 10.5 Å². The molecule has 0 aliphatic heterocycles. The second-order valence-corrected chi connectivity index (χ2v) is 4.38. The molecule has 0 bridgehead atoms. The lowest BCUT2D eigenvalue weighted by molar-refractivity contribution is 0.392. The molecule has 2 heteroatoms. The van der Waals surface area contributed by atoms with Gasteiger partial charge in [-0.1, -0.05) is 26.0 Å². The Labute approximate surface area is 98.8 Å². The first-order chi connectivity index (χ1) is 7.63. The second kappa shape index (κ2) is 5.35. The standard InChI is InChI=1S/C14H23NO/c1-5-14(6-2,10-15)12-8-7-11(3)13(9-12)16-4/h7-9H,5-6,10,15H2,1-4H3. The molecule has 16 heavy (non-hydrogen) atoms. The minimum absolute atomic E-state index is 0.0982. The van der Waals surface area contributed by atoms with Gasteiger partial charge in [0.2, 0.25) is 0 Å². The van der Waals surface area contributed by atoms with Gasteiger partial charge in [-0.15, -0.1) is 0 Å². The maximum Gasteiger partial charge on any atom is 0.122 e. The monoisotopic (exact) mass is 221 g/mol. The van der Waals surface area contributed by atoms with Gasteiger partial charge in [-0.3, -0.25) is 0 Å². The summed E-state index contributed by atoms with van der Waals surface area (Å²) in [5, 5.41) is 0. The van der Waals surface area contributed by atoms with Gasteiger partial charge in [0, 0.05) is 12.0 Å². The summed E-state index contributed by atoms with van der Waals surface area (Å²) in [4.78, 5) is 0. The highest BCUT2D eigenvalue weighted by atomic mass is 16.5. The van der Waals surface area contributed by atoms with Gasteiger partial charge in [-0.25, -0.2) is 0 Å². The first kappa shape index (κ1) is 13.0. The summed E-state index contributed by atoms with van der Waals surface area (Å²) in [5.41, 5.74) is 8.51. The molecule has 0 aliphatic carbocycles. The summed E-state index contributed by atoms with van der Waals surface area (Å²) in [7, 11) is 1.72. The predicted molar refractivity (Wildman–Crippen MR) is 69.0 cm³/mol. The minimum atomic E-state index is 0.0982. The number of aryl methyl sites for hydroxylation is 1. The van der Waals surface area contributed by atoms with Crippen molar-refractivity contribution in [3.63, 3.8) is 0 Å². The number of hydrogen-bond donors (Lipinski definition) is 1. The molecule has 0 spiro atoms. The second-order valence-electron chi connectivity index (χ2n) is 4.38. The molecule has 0 amide bonds. The zero-order valence-electron chi connectivity index (χ0n) is 10.8. The zero-order valence-corrected chi connectivity index (χ0v) is 10.8. The third-order valence-electron chi connectivity index (χ3n) is 3.76. The van der Waals surface area contributed by atoms with E-state index in [1.54, 1.807) is 7.11 Å². The maximum atomic E-state index is 5.95. The SMILES string of the molecule is CCC(CC)(CN)c1ccc(C)c(OC)c1. The third kappa shape index (κ3) is 2.22. The van der Waals surface area contributed by atoms with Gasteiger partial charge in [-0.2, -0.15) is 0 Å². The van der Waals surface area contributed by atoms with Crippen LogP contribution in [0, 0.1) is 6.92 Å². The summed E-state index contributed by atoms with van der Waals surface area (Å²) in [6.45, 7) is 7.14. The molecule has 1 rings (SSSR count). The largest absolute Gasteiger partial charge is 0.496 e. The van der Waals surface area contributed by atoms with Crippen LogP contribution in [0.5, 0.6) is 5.75 Å². The molecule has 1 aromatic carbocycles. The van der Waals surface area contributed by atoms with E-state index >= 15 is 0 Å². The molecule has 0 heterocycles. The van der Waals surface area contributed by atoms with Crippen molar-refractivity contribution in [3.05, 3.63) is 29.3 Å². The van der Waals surface area contributed by atoms with E-state index in [-0.39, 0.29) is 5.41 Å². The van der Waals surface area contributed by atoms with E-state index < -0.39 is 0 Å². The summed E-state index contributed by atoms with van der Waals surface area (Å²) < 4.78 is 5.37. The number of benzene rings is 1. The predicted octanol–water partition coefficient (Wildman–Crippen LogP) is 3.02. The lowest BCUT2D eigenvalue weighted by atomic mass is 9.75. The molecule has 0 aliphatic rings. The quantitative estimate of drug-likeness (QED) is 0.829. The van der Waals surface area contributed by atoms with Crippen LogP contribution in [0.4, 0.5) is 0 Å². The maximum absolute atomic E-state index is 5.95. The van der Waals surface area contributed by atoms with Crippen molar-refractivity contribution in [1.82, 2.24) is 0 Å². The van der Waals surface area contributed by atoms with E-state index in [0.29, 0.717) is 6.54 Å². The average Bonchev–Trinajstić information content (AvgIpc) is 2.33. The van der Waals surface area contributed by atoms with Crippen molar-refractivity contribution in [1.29, 1.82) is 0 Å². The number of methoxy groups -OCH3 is 1. The molecule has 0 radical (unpaired) electrons. The van der Waals surface area contributed by atoms with E-state index in [1.165, 1.54) is 11.1 Å². The Morgan fingerprint density at radius 1 is 1.25 bits per heavy atom. The molecular weight excluding hydrogens is 198 g/mol. The van der Waals surface area contributed by atoms with Gasteiger partial charge >= 0.3 is 0 Å². The van der Waals surface area contributed by atoms with Crippen molar-refractivity contribution in [2.24, 2.45) is 5.73 Å². The minimum Gasteiger partial charge on any atom is -0.496 e. The molecule has 2 N–H and O–H groups in total. The number of nitrogens with two attached hydrogens (primary N) is 1. The molecule has 2 nitrogen and oxygen atoms in total. The van der Waals surface area contributed by atoms with E-state index in [9.17, 15) is 0 Å². The summed E-state index contributed by atoms with van der Waals surface area (Å²) in [5.74, 6) is 0.956. The number of ether oxygens (including phenoxy) is 1. The summed E-state index contributed by atoms with van der Waals surface area (Å²) >= 11 is 0. The van der Waals surface area contributed by atoms with Crippen LogP contribution >= 0.6 is 0 Å². The van der Waals surface area contributed by atoms with Gasteiger partial charge in [0.05, 0.1) is 7.11 Å². The summed E-state index contributed by atoms with van der Waals surface area (Å²) in [6, 6.07) is 6.43. The molecule has 0 aromatic heterocycles. The number of hydrogen-bond acceptors (Lipinski definition) is 2. The molecule has 1 aromatic rings. The van der Waals surface area contributed by atoms with E-state index in [4.69, 9.17) is 10.5 Å². The van der Waals surface area contributed by atoms with Crippen molar-refractivity contribution in [2.45, 2.75) is 39.0 Å². The van der Waals surface area contributed by atoms with Crippen LogP contribution in [-0.2, 0) is 5.41 Å². The fourth-order valence-corrected chi connectivity index (χ4v) is 2.21. The molecule has 0 unspecified atom stereocenters. The fraction of sp³-hybridized carbons (Fsp3) is 0.571. The summed E-state index contributed by atoms with van der Waals surface area (Å²) in [6.07, 6.45) is 2.12. The topological polar surface area (TPSA) is 35.2 Å².